The number of hydrogen-bond donors (Lipinski definition) is 3. The summed E-state index contributed by atoms with van der Waals surface area (Å²) in [6, 6.07) is 8.19. The Kier molecular flexibility index (Phi) is 10.7. The van der Waals surface area contributed by atoms with Crippen LogP contribution in [0, 0.1) is 0 Å². The van der Waals surface area contributed by atoms with Crippen LogP contribution in [0.4, 0.5) is 4.79 Å². The predicted octanol–water partition coefficient (Wildman–Crippen LogP) is 1.57. The number of rotatable bonds is 10. The van der Waals surface area contributed by atoms with Gasteiger partial charge in [0, 0.05) is 12.7 Å². The van der Waals surface area contributed by atoms with Crippen LogP contribution in [0.5, 0.6) is 0 Å². The van der Waals surface area contributed by atoms with Gasteiger partial charge in [-0.1, -0.05) is 30.3 Å². The zero-order chi connectivity index (χ0) is 22.6. The molecule has 0 radical (unpaired) electrons. The number of benzene rings is 1. The van der Waals surface area contributed by atoms with Crippen LogP contribution >= 0.6 is 11.8 Å². The third kappa shape index (κ3) is 11.9. The quantitative estimate of drug-likeness (QED) is 0.287. The minimum atomic E-state index is -0.958. The molecule has 0 unspecified atom stereocenters. The topological polar surface area (TPSA) is 123 Å². The summed E-state index contributed by atoms with van der Waals surface area (Å²) < 4.78 is 10.3. The molecule has 1 aromatic carbocycles. The van der Waals surface area contributed by atoms with Gasteiger partial charge in [0.05, 0.1) is 5.88 Å². The lowest BCUT2D eigenvalue weighted by Gasteiger charge is -2.23. The third-order valence-corrected chi connectivity index (χ3v) is 4.28. The average Bonchev–Trinajstić information content (AvgIpc) is 2.66. The molecular formula is C20H29N3O6S. The highest BCUT2D eigenvalue weighted by molar-refractivity contribution is 7.99. The zero-order valence-electron chi connectivity index (χ0n) is 17.7. The summed E-state index contributed by atoms with van der Waals surface area (Å²) in [5.41, 5.74) is 0.103. The van der Waals surface area contributed by atoms with E-state index in [0.717, 1.165) is 5.56 Å². The third-order valence-electron chi connectivity index (χ3n) is 3.36. The van der Waals surface area contributed by atoms with E-state index < -0.39 is 29.6 Å². The molecule has 0 aromatic heterocycles. The molecule has 0 fully saturated rings. The van der Waals surface area contributed by atoms with Crippen LogP contribution < -0.4 is 16.0 Å². The number of nitrogens with one attached hydrogen (secondary N) is 3. The summed E-state index contributed by atoms with van der Waals surface area (Å²) >= 11 is 1.24. The fourth-order valence-electron chi connectivity index (χ4n) is 2.03. The Balaban J connectivity index is 2.53. The van der Waals surface area contributed by atoms with E-state index in [9.17, 15) is 19.2 Å². The maximum absolute atomic E-state index is 12.5. The Hall–Kier alpha value is -2.75. The standard InChI is InChI=1S/C20H29N3O6S/c1-14(24)22-13-30-12-16(23-19(27)29-20(2,3)4)18(26)21-10-17(25)28-11-15-8-6-5-7-9-15/h5-9,16H,10-13H2,1-4H3,(H,21,26)(H,22,24)(H,23,27)/t16-/m0/s1. The van der Waals surface area contributed by atoms with Crippen molar-refractivity contribution in [1.82, 2.24) is 16.0 Å². The molecule has 0 saturated carbocycles. The van der Waals surface area contributed by atoms with Crippen LogP contribution in [0.15, 0.2) is 30.3 Å². The first-order chi connectivity index (χ1) is 14.1. The van der Waals surface area contributed by atoms with E-state index in [4.69, 9.17) is 9.47 Å². The van der Waals surface area contributed by atoms with Gasteiger partial charge < -0.3 is 25.4 Å². The first kappa shape index (κ1) is 25.3. The van der Waals surface area contributed by atoms with Crippen molar-refractivity contribution in [1.29, 1.82) is 0 Å². The summed E-state index contributed by atoms with van der Waals surface area (Å²) in [4.78, 5) is 47.3. The summed E-state index contributed by atoms with van der Waals surface area (Å²) in [5.74, 6) is -0.926. The van der Waals surface area contributed by atoms with Gasteiger partial charge in [0.2, 0.25) is 11.8 Å². The second kappa shape index (κ2) is 12.7. The lowest BCUT2D eigenvalue weighted by molar-refractivity contribution is -0.145. The number of amides is 3. The van der Waals surface area contributed by atoms with Crippen molar-refractivity contribution in [3.8, 4) is 0 Å². The van der Waals surface area contributed by atoms with Crippen molar-refractivity contribution in [2.24, 2.45) is 0 Å². The van der Waals surface area contributed by atoms with Crippen molar-refractivity contribution < 1.29 is 28.7 Å². The van der Waals surface area contributed by atoms with E-state index in [1.165, 1.54) is 18.7 Å². The molecule has 9 nitrogen and oxygen atoms in total. The van der Waals surface area contributed by atoms with E-state index in [-0.39, 0.29) is 30.7 Å². The molecule has 3 amide bonds. The lowest BCUT2D eigenvalue weighted by Crippen LogP contribution is -2.50. The first-order valence-corrected chi connectivity index (χ1v) is 10.5. The number of alkyl carbamates (subject to hydrolysis) is 1. The molecule has 30 heavy (non-hydrogen) atoms. The van der Waals surface area contributed by atoms with Crippen LogP contribution in [0.25, 0.3) is 0 Å². The molecule has 1 aromatic rings. The Labute approximate surface area is 180 Å². The minimum Gasteiger partial charge on any atom is -0.460 e. The van der Waals surface area contributed by atoms with Gasteiger partial charge in [-0.05, 0) is 26.3 Å². The van der Waals surface area contributed by atoms with Gasteiger partial charge in [-0.15, -0.1) is 11.8 Å². The molecule has 166 valence electrons. The first-order valence-electron chi connectivity index (χ1n) is 9.36. The van der Waals surface area contributed by atoms with Crippen LogP contribution in [0.3, 0.4) is 0 Å². The summed E-state index contributed by atoms with van der Waals surface area (Å²) in [6.45, 7) is 6.25. The molecule has 3 N–H and O–H groups in total. The number of carbonyl (C=O) groups is 4. The molecule has 10 heteroatoms. The molecular weight excluding hydrogens is 410 g/mol. The van der Waals surface area contributed by atoms with Gasteiger partial charge in [-0.3, -0.25) is 14.4 Å². The molecule has 0 aliphatic rings. The summed E-state index contributed by atoms with van der Waals surface area (Å²) in [5, 5.41) is 7.52. The maximum Gasteiger partial charge on any atom is 0.408 e. The number of hydrogen-bond acceptors (Lipinski definition) is 7. The van der Waals surface area contributed by atoms with Gasteiger partial charge in [-0.25, -0.2) is 4.79 Å². The van der Waals surface area contributed by atoms with Crippen LogP contribution in [0.2, 0.25) is 0 Å². The fraction of sp³-hybridized carbons (Fsp3) is 0.500. The van der Waals surface area contributed by atoms with Crippen LogP contribution in [-0.2, 0) is 30.5 Å². The zero-order valence-corrected chi connectivity index (χ0v) is 18.5. The number of thioether (sulfide) groups is 1. The number of ether oxygens (including phenoxy) is 2. The summed E-state index contributed by atoms with van der Waals surface area (Å²) in [7, 11) is 0. The van der Waals surface area contributed by atoms with E-state index in [0.29, 0.717) is 0 Å². The van der Waals surface area contributed by atoms with Gasteiger partial charge in [-0.2, -0.15) is 0 Å². The van der Waals surface area contributed by atoms with Gasteiger partial charge in [0.1, 0.15) is 24.8 Å². The molecule has 0 bridgehead atoms. The normalized spacial score (nSPS) is 11.7. The highest BCUT2D eigenvalue weighted by Crippen LogP contribution is 2.08. The Morgan fingerprint density at radius 1 is 1.07 bits per heavy atom. The highest BCUT2D eigenvalue weighted by atomic mass is 32.2. The monoisotopic (exact) mass is 439 g/mol. The van der Waals surface area contributed by atoms with E-state index in [2.05, 4.69) is 16.0 Å². The second-order valence-electron chi connectivity index (χ2n) is 7.31. The molecule has 0 spiro atoms. The average molecular weight is 440 g/mol. The Bertz CT molecular complexity index is 721. The van der Waals surface area contributed by atoms with Crippen molar-refractivity contribution in [2.45, 2.75) is 45.9 Å². The van der Waals surface area contributed by atoms with Crippen LogP contribution in [0.1, 0.15) is 33.3 Å². The summed E-state index contributed by atoms with van der Waals surface area (Å²) in [6.07, 6.45) is -0.755. The van der Waals surface area contributed by atoms with Gasteiger partial charge >= 0.3 is 12.1 Å². The van der Waals surface area contributed by atoms with Crippen molar-refractivity contribution in [3.63, 3.8) is 0 Å². The lowest BCUT2D eigenvalue weighted by atomic mass is 10.2. The Morgan fingerprint density at radius 2 is 1.73 bits per heavy atom. The van der Waals surface area contributed by atoms with Crippen LogP contribution in [-0.4, -0.2) is 53.7 Å². The number of esters is 1. The molecule has 1 atom stereocenters. The highest BCUT2D eigenvalue weighted by Gasteiger charge is 2.25. The van der Waals surface area contributed by atoms with Gasteiger partial charge in [0.15, 0.2) is 0 Å². The van der Waals surface area contributed by atoms with E-state index in [1.807, 2.05) is 30.3 Å². The maximum atomic E-state index is 12.5. The van der Waals surface area contributed by atoms with Crippen molar-refractivity contribution in [2.75, 3.05) is 18.2 Å². The molecule has 1 rings (SSSR count). The predicted molar refractivity (Wildman–Crippen MR) is 114 cm³/mol. The smallest absolute Gasteiger partial charge is 0.408 e. The van der Waals surface area contributed by atoms with E-state index in [1.54, 1.807) is 20.8 Å². The minimum absolute atomic E-state index is 0.0989. The van der Waals surface area contributed by atoms with Crippen molar-refractivity contribution in [3.05, 3.63) is 35.9 Å². The Morgan fingerprint density at radius 3 is 2.33 bits per heavy atom. The molecule has 0 aliphatic heterocycles. The molecule has 0 heterocycles. The fourth-order valence-corrected chi connectivity index (χ4v) is 2.93. The van der Waals surface area contributed by atoms with E-state index >= 15 is 0 Å². The largest absolute Gasteiger partial charge is 0.460 e. The second-order valence-corrected chi connectivity index (χ2v) is 8.34. The van der Waals surface area contributed by atoms with Crippen molar-refractivity contribution >= 4 is 35.6 Å². The van der Waals surface area contributed by atoms with Gasteiger partial charge in [0.25, 0.3) is 0 Å². The number of carbonyl (C=O) groups excluding carboxylic acids is 4. The molecule has 0 saturated heterocycles. The SMILES string of the molecule is CC(=O)NCSC[C@H](NC(=O)OC(C)(C)C)C(=O)NCC(=O)OCc1ccccc1. The molecule has 0 aliphatic carbocycles.